The molecule has 1 aromatic heterocycles. The van der Waals surface area contributed by atoms with Gasteiger partial charge in [-0.2, -0.15) is 4.98 Å². The van der Waals surface area contributed by atoms with Crippen LogP contribution in [0.5, 0.6) is 0 Å². The quantitative estimate of drug-likeness (QED) is 0.932. The summed E-state index contributed by atoms with van der Waals surface area (Å²) in [5.74, 6) is 0.564. The lowest BCUT2D eigenvalue weighted by molar-refractivity contribution is 0.0509. The summed E-state index contributed by atoms with van der Waals surface area (Å²) in [6, 6.07) is 10.2. The van der Waals surface area contributed by atoms with E-state index >= 15 is 0 Å². The maximum Gasteiger partial charge on any atom is 0.407 e. The van der Waals surface area contributed by atoms with E-state index in [0.29, 0.717) is 18.4 Å². The van der Waals surface area contributed by atoms with Gasteiger partial charge >= 0.3 is 12.1 Å². The Bertz CT molecular complexity index is 693. The number of nitrogens with one attached hydrogen (secondary N) is 1. The first-order chi connectivity index (χ1) is 11.4. The van der Waals surface area contributed by atoms with E-state index in [2.05, 4.69) is 15.5 Å². The normalized spacial score (nSPS) is 17.8. The van der Waals surface area contributed by atoms with Crippen LogP contribution in [0.2, 0.25) is 0 Å². The third-order valence-corrected chi connectivity index (χ3v) is 3.63. The van der Waals surface area contributed by atoms with Gasteiger partial charge in [0, 0.05) is 18.7 Å². The molecule has 7 heteroatoms. The number of rotatable bonds is 3. The van der Waals surface area contributed by atoms with Crippen LogP contribution in [0.15, 0.2) is 34.9 Å². The molecule has 1 N–H and O–H groups in total. The molecule has 1 fully saturated rings. The topological polar surface area (TPSA) is 80.5 Å². The number of nitrogens with zero attached hydrogens (tertiary/aromatic N) is 3. The summed E-state index contributed by atoms with van der Waals surface area (Å²) in [5.41, 5.74) is 0.412. The summed E-state index contributed by atoms with van der Waals surface area (Å²) in [5, 5.41) is 6.91. The van der Waals surface area contributed by atoms with E-state index in [4.69, 9.17) is 9.26 Å². The molecule has 0 spiro atoms. The van der Waals surface area contributed by atoms with E-state index in [0.717, 1.165) is 18.5 Å². The Morgan fingerprint density at radius 2 is 2.08 bits per heavy atom. The third kappa shape index (κ3) is 4.04. The highest BCUT2D eigenvalue weighted by Gasteiger charge is 2.29. The zero-order chi connectivity index (χ0) is 17.2. The maximum atomic E-state index is 11.8. The number of benzene rings is 1. The predicted octanol–water partition coefficient (Wildman–Crippen LogP) is 2.84. The van der Waals surface area contributed by atoms with Gasteiger partial charge in [-0.1, -0.05) is 35.5 Å². The monoisotopic (exact) mass is 330 g/mol. The van der Waals surface area contributed by atoms with E-state index in [1.807, 2.05) is 56.0 Å². The van der Waals surface area contributed by atoms with Crippen molar-refractivity contribution in [2.75, 3.05) is 18.0 Å². The van der Waals surface area contributed by atoms with Crippen LogP contribution in [0.25, 0.3) is 11.4 Å². The zero-order valence-electron chi connectivity index (χ0n) is 14.2. The summed E-state index contributed by atoms with van der Waals surface area (Å²) < 4.78 is 10.6. The highest BCUT2D eigenvalue weighted by Crippen LogP contribution is 2.22. The Kier molecular flexibility index (Phi) is 4.42. The number of ether oxygens (including phenoxy) is 1. The zero-order valence-corrected chi connectivity index (χ0v) is 14.2. The van der Waals surface area contributed by atoms with Crippen molar-refractivity contribution >= 4 is 12.1 Å². The molecular weight excluding hydrogens is 308 g/mol. The molecule has 1 saturated heterocycles. The molecule has 2 aromatic rings. The molecule has 3 rings (SSSR count). The van der Waals surface area contributed by atoms with Gasteiger partial charge in [0.1, 0.15) is 5.60 Å². The fourth-order valence-electron chi connectivity index (χ4n) is 2.57. The number of carbonyl (C=O) groups excluding carboxylic acids is 1. The SMILES string of the molecule is CC(C)(C)OC(=O)NC1CCN(c2nc(-c3ccccc3)no2)C1. The molecule has 1 atom stereocenters. The van der Waals surface area contributed by atoms with Crippen LogP contribution in [0.4, 0.5) is 10.8 Å². The fraction of sp³-hybridized carbons (Fsp3) is 0.471. The number of hydrogen-bond acceptors (Lipinski definition) is 6. The minimum absolute atomic E-state index is 0.00641. The molecule has 0 radical (unpaired) electrons. The molecule has 1 aliphatic heterocycles. The van der Waals surface area contributed by atoms with Crippen molar-refractivity contribution in [3.05, 3.63) is 30.3 Å². The molecule has 2 heterocycles. The van der Waals surface area contributed by atoms with Crippen LogP contribution in [0.1, 0.15) is 27.2 Å². The Morgan fingerprint density at radius 3 is 2.79 bits per heavy atom. The van der Waals surface area contributed by atoms with Crippen molar-refractivity contribution in [3.63, 3.8) is 0 Å². The molecule has 1 aromatic carbocycles. The second-order valence-corrected chi connectivity index (χ2v) is 6.84. The van der Waals surface area contributed by atoms with E-state index in [9.17, 15) is 4.79 Å². The summed E-state index contributed by atoms with van der Waals surface area (Å²) in [4.78, 5) is 18.3. The summed E-state index contributed by atoms with van der Waals surface area (Å²) in [6.45, 7) is 6.90. The minimum atomic E-state index is -0.501. The highest BCUT2D eigenvalue weighted by molar-refractivity contribution is 5.68. The number of carbonyl (C=O) groups is 1. The van der Waals surface area contributed by atoms with Crippen LogP contribution < -0.4 is 10.2 Å². The van der Waals surface area contributed by atoms with Gasteiger partial charge in [0.05, 0.1) is 6.04 Å². The number of amides is 1. The Morgan fingerprint density at radius 1 is 1.33 bits per heavy atom. The number of alkyl carbamates (subject to hydrolysis) is 1. The molecule has 0 bridgehead atoms. The first-order valence-electron chi connectivity index (χ1n) is 8.04. The second-order valence-electron chi connectivity index (χ2n) is 6.84. The van der Waals surface area contributed by atoms with Crippen LogP contribution in [-0.2, 0) is 4.74 Å². The summed E-state index contributed by atoms with van der Waals surface area (Å²) in [6.07, 6.45) is 0.410. The molecule has 24 heavy (non-hydrogen) atoms. The lowest BCUT2D eigenvalue weighted by Gasteiger charge is -2.21. The molecule has 1 unspecified atom stereocenters. The first-order valence-corrected chi connectivity index (χ1v) is 8.04. The van der Waals surface area contributed by atoms with Gasteiger partial charge in [0.15, 0.2) is 0 Å². The maximum absolute atomic E-state index is 11.8. The van der Waals surface area contributed by atoms with Gasteiger partial charge in [0.2, 0.25) is 5.82 Å². The molecule has 1 aliphatic rings. The molecule has 0 saturated carbocycles. The minimum Gasteiger partial charge on any atom is -0.444 e. The largest absolute Gasteiger partial charge is 0.444 e. The number of anilines is 1. The number of aromatic nitrogens is 2. The van der Waals surface area contributed by atoms with Gasteiger partial charge < -0.3 is 19.5 Å². The first kappa shape index (κ1) is 16.3. The lowest BCUT2D eigenvalue weighted by atomic mass is 10.2. The van der Waals surface area contributed by atoms with Gasteiger partial charge in [-0.15, -0.1) is 0 Å². The average Bonchev–Trinajstić information content (AvgIpc) is 3.15. The lowest BCUT2D eigenvalue weighted by Crippen LogP contribution is -2.40. The molecule has 0 aliphatic carbocycles. The van der Waals surface area contributed by atoms with Gasteiger partial charge in [-0.3, -0.25) is 0 Å². The third-order valence-electron chi connectivity index (χ3n) is 3.63. The van der Waals surface area contributed by atoms with Crippen molar-refractivity contribution in [2.24, 2.45) is 0 Å². The molecule has 128 valence electrons. The van der Waals surface area contributed by atoms with Crippen molar-refractivity contribution in [3.8, 4) is 11.4 Å². The van der Waals surface area contributed by atoms with E-state index in [1.54, 1.807) is 0 Å². The van der Waals surface area contributed by atoms with Crippen LogP contribution >= 0.6 is 0 Å². The van der Waals surface area contributed by atoms with Crippen LogP contribution in [-0.4, -0.2) is 41.0 Å². The Labute approximate surface area is 141 Å². The number of hydrogen-bond donors (Lipinski definition) is 1. The van der Waals surface area contributed by atoms with E-state index in [1.165, 1.54) is 0 Å². The fourth-order valence-corrected chi connectivity index (χ4v) is 2.57. The average molecular weight is 330 g/mol. The van der Waals surface area contributed by atoms with E-state index < -0.39 is 11.7 Å². The molecule has 7 nitrogen and oxygen atoms in total. The standard InChI is InChI=1S/C17H22N4O3/c1-17(2,3)23-16(22)18-13-9-10-21(11-13)15-19-14(20-24-15)12-7-5-4-6-8-12/h4-8,13H,9-11H2,1-3H3,(H,18,22). The molecule has 1 amide bonds. The molecular formula is C17H22N4O3. The van der Waals surface area contributed by atoms with Crippen molar-refractivity contribution in [2.45, 2.75) is 38.8 Å². The van der Waals surface area contributed by atoms with E-state index in [-0.39, 0.29) is 6.04 Å². The Balaban J connectivity index is 1.58. The second kappa shape index (κ2) is 6.51. The highest BCUT2D eigenvalue weighted by atomic mass is 16.6. The predicted molar refractivity (Wildman–Crippen MR) is 89.7 cm³/mol. The van der Waals surface area contributed by atoms with Crippen molar-refractivity contribution in [1.82, 2.24) is 15.5 Å². The van der Waals surface area contributed by atoms with Gasteiger partial charge in [0.25, 0.3) is 0 Å². The van der Waals surface area contributed by atoms with Crippen molar-refractivity contribution < 1.29 is 14.1 Å². The van der Waals surface area contributed by atoms with Gasteiger partial charge in [-0.05, 0) is 27.2 Å². The van der Waals surface area contributed by atoms with Gasteiger partial charge in [-0.25, -0.2) is 4.79 Å². The Hall–Kier alpha value is -2.57. The van der Waals surface area contributed by atoms with Crippen LogP contribution in [0.3, 0.4) is 0 Å². The smallest absolute Gasteiger partial charge is 0.407 e. The van der Waals surface area contributed by atoms with Crippen LogP contribution in [0, 0.1) is 0 Å². The van der Waals surface area contributed by atoms with Crippen molar-refractivity contribution in [1.29, 1.82) is 0 Å². The summed E-state index contributed by atoms with van der Waals surface area (Å²) >= 11 is 0. The summed E-state index contributed by atoms with van der Waals surface area (Å²) in [7, 11) is 0.